The van der Waals surface area contributed by atoms with Crippen molar-refractivity contribution in [1.29, 1.82) is 5.26 Å². The molecule has 0 bridgehead atoms. The fraction of sp³-hybridized carbons (Fsp3) is 0.364. The zero-order chi connectivity index (χ0) is 13.9. The number of ether oxygens (including phenoxy) is 1. The van der Waals surface area contributed by atoms with Crippen LogP contribution >= 0.6 is 0 Å². The van der Waals surface area contributed by atoms with E-state index in [1.807, 2.05) is 4.98 Å². The average molecular weight is 256 g/mol. The van der Waals surface area contributed by atoms with E-state index < -0.39 is 34.3 Å². The Bertz CT molecular complexity index is 567. The number of carbonyl (C=O) groups is 1. The molecule has 18 heavy (non-hydrogen) atoms. The van der Waals surface area contributed by atoms with Crippen LogP contribution in [0.4, 0.5) is 8.78 Å². The molecule has 0 aliphatic heterocycles. The van der Waals surface area contributed by atoms with Gasteiger partial charge in [0, 0.05) is 6.92 Å². The van der Waals surface area contributed by atoms with E-state index >= 15 is 0 Å². The highest BCUT2D eigenvalue weighted by molar-refractivity contribution is 5.92. The predicted molar refractivity (Wildman–Crippen MR) is 57.3 cm³/mol. The first-order valence-electron chi connectivity index (χ1n) is 5.04. The predicted octanol–water partition coefficient (Wildman–Crippen LogP) is 1.53. The van der Waals surface area contributed by atoms with Crippen LogP contribution in [-0.4, -0.2) is 17.6 Å². The van der Waals surface area contributed by atoms with Gasteiger partial charge in [0.1, 0.15) is 11.6 Å². The SMILES string of the molecule is CCOC(=O)c1cc(C(C)(F)F)[nH]c(=O)c1C#N. The third-order valence-corrected chi connectivity index (χ3v) is 2.11. The van der Waals surface area contributed by atoms with Crippen molar-refractivity contribution in [3.8, 4) is 6.07 Å². The lowest BCUT2D eigenvalue weighted by atomic mass is 10.1. The molecular formula is C11H10F2N2O3. The van der Waals surface area contributed by atoms with Gasteiger partial charge in [-0.05, 0) is 13.0 Å². The van der Waals surface area contributed by atoms with Crippen molar-refractivity contribution in [3.63, 3.8) is 0 Å². The molecule has 1 aromatic heterocycles. The van der Waals surface area contributed by atoms with Gasteiger partial charge in [0.25, 0.3) is 11.5 Å². The molecule has 5 nitrogen and oxygen atoms in total. The molecule has 0 amide bonds. The first-order valence-corrected chi connectivity index (χ1v) is 5.04. The second kappa shape index (κ2) is 4.96. The summed E-state index contributed by atoms with van der Waals surface area (Å²) in [6, 6.07) is 2.25. The minimum Gasteiger partial charge on any atom is -0.462 e. The van der Waals surface area contributed by atoms with Crippen LogP contribution in [-0.2, 0) is 10.7 Å². The van der Waals surface area contributed by atoms with Crippen molar-refractivity contribution in [2.45, 2.75) is 19.8 Å². The smallest absolute Gasteiger partial charge is 0.339 e. The summed E-state index contributed by atoms with van der Waals surface area (Å²) in [5, 5.41) is 8.74. The molecule has 7 heteroatoms. The van der Waals surface area contributed by atoms with E-state index in [-0.39, 0.29) is 6.61 Å². The average Bonchev–Trinajstić information content (AvgIpc) is 2.27. The Morgan fingerprint density at radius 2 is 2.22 bits per heavy atom. The van der Waals surface area contributed by atoms with Gasteiger partial charge < -0.3 is 9.72 Å². The number of alkyl halides is 2. The standard InChI is InChI=1S/C11H10F2N2O3/c1-3-18-10(17)6-4-8(11(2,12)13)15-9(16)7(6)5-14/h4H,3H2,1-2H3,(H,15,16). The molecule has 0 fully saturated rings. The van der Waals surface area contributed by atoms with E-state index in [1.165, 1.54) is 13.0 Å². The number of pyridine rings is 1. The molecular weight excluding hydrogens is 246 g/mol. The Kier molecular flexibility index (Phi) is 3.81. The summed E-state index contributed by atoms with van der Waals surface area (Å²) in [6.07, 6.45) is 0. The van der Waals surface area contributed by atoms with Gasteiger partial charge in [-0.25, -0.2) is 13.6 Å². The number of H-pyrrole nitrogens is 1. The molecule has 1 aromatic rings. The number of halogens is 2. The van der Waals surface area contributed by atoms with Crippen LogP contribution < -0.4 is 5.56 Å². The van der Waals surface area contributed by atoms with Crippen LogP contribution in [0.3, 0.4) is 0 Å². The minimum absolute atomic E-state index is 0.00829. The minimum atomic E-state index is -3.33. The van der Waals surface area contributed by atoms with Crippen molar-refractivity contribution < 1.29 is 18.3 Å². The molecule has 1 rings (SSSR count). The zero-order valence-corrected chi connectivity index (χ0v) is 9.71. The Morgan fingerprint density at radius 1 is 1.61 bits per heavy atom. The number of hydrogen-bond donors (Lipinski definition) is 1. The van der Waals surface area contributed by atoms with Crippen molar-refractivity contribution in [1.82, 2.24) is 4.98 Å². The number of nitriles is 1. The molecule has 0 aliphatic rings. The van der Waals surface area contributed by atoms with E-state index in [0.717, 1.165) is 6.07 Å². The fourth-order valence-electron chi connectivity index (χ4n) is 1.28. The highest BCUT2D eigenvalue weighted by Crippen LogP contribution is 2.25. The van der Waals surface area contributed by atoms with Crippen LogP contribution in [0, 0.1) is 11.3 Å². The van der Waals surface area contributed by atoms with Gasteiger partial charge in [0.05, 0.1) is 17.9 Å². The number of hydrogen-bond acceptors (Lipinski definition) is 4. The van der Waals surface area contributed by atoms with E-state index in [2.05, 4.69) is 4.74 Å². The normalized spacial score (nSPS) is 10.8. The summed E-state index contributed by atoms with van der Waals surface area (Å²) >= 11 is 0. The van der Waals surface area contributed by atoms with Gasteiger partial charge >= 0.3 is 5.97 Å². The Hall–Kier alpha value is -2.23. The highest BCUT2D eigenvalue weighted by atomic mass is 19.3. The van der Waals surface area contributed by atoms with Gasteiger partial charge in [-0.1, -0.05) is 0 Å². The Morgan fingerprint density at radius 3 is 2.67 bits per heavy atom. The molecule has 1 heterocycles. The van der Waals surface area contributed by atoms with Gasteiger partial charge in [-0.3, -0.25) is 4.79 Å². The van der Waals surface area contributed by atoms with E-state index in [1.54, 1.807) is 0 Å². The highest BCUT2D eigenvalue weighted by Gasteiger charge is 2.29. The first-order chi connectivity index (χ1) is 8.31. The maximum absolute atomic E-state index is 13.1. The number of esters is 1. The topological polar surface area (TPSA) is 83.0 Å². The molecule has 0 aromatic carbocycles. The maximum atomic E-state index is 13.1. The lowest BCUT2D eigenvalue weighted by Gasteiger charge is -2.12. The van der Waals surface area contributed by atoms with Gasteiger partial charge in [-0.15, -0.1) is 0 Å². The summed E-state index contributed by atoms with van der Waals surface area (Å²) in [4.78, 5) is 24.8. The molecule has 1 N–H and O–H groups in total. The quantitative estimate of drug-likeness (QED) is 0.831. The summed E-state index contributed by atoms with van der Waals surface area (Å²) in [5.74, 6) is -4.31. The number of carbonyl (C=O) groups excluding carboxylic acids is 1. The van der Waals surface area contributed by atoms with Crippen molar-refractivity contribution in [3.05, 3.63) is 33.2 Å². The van der Waals surface area contributed by atoms with Crippen LogP contribution in [0.25, 0.3) is 0 Å². The largest absolute Gasteiger partial charge is 0.462 e. The van der Waals surface area contributed by atoms with Gasteiger partial charge in [0.2, 0.25) is 0 Å². The lowest BCUT2D eigenvalue weighted by Crippen LogP contribution is -2.23. The Balaban J connectivity index is 3.48. The van der Waals surface area contributed by atoms with Gasteiger partial charge in [0.15, 0.2) is 0 Å². The number of nitrogens with zero attached hydrogens (tertiary/aromatic N) is 1. The third-order valence-electron chi connectivity index (χ3n) is 2.11. The molecule has 0 saturated carbocycles. The van der Waals surface area contributed by atoms with Crippen molar-refractivity contribution in [2.75, 3.05) is 6.61 Å². The van der Waals surface area contributed by atoms with Crippen molar-refractivity contribution >= 4 is 5.97 Å². The summed E-state index contributed by atoms with van der Waals surface area (Å²) in [6.45, 7) is 2.10. The third kappa shape index (κ3) is 2.71. The molecule has 0 atom stereocenters. The van der Waals surface area contributed by atoms with E-state index in [9.17, 15) is 18.4 Å². The zero-order valence-electron chi connectivity index (χ0n) is 9.71. The summed E-state index contributed by atoms with van der Waals surface area (Å²) in [7, 11) is 0. The van der Waals surface area contributed by atoms with E-state index in [0.29, 0.717) is 6.92 Å². The second-order valence-electron chi connectivity index (χ2n) is 3.52. The number of rotatable bonds is 3. The van der Waals surface area contributed by atoms with Crippen LogP contribution in [0.1, 0.15) is 35.5 Å². The summed E-state index contributed by atoms with van der Waals surface area (Å²) in [5.41, 5.74) is -2.78. The lowest BCUT2D eigenvalue weighted by molar-refractivity contribution is 0.0124. The number of aromatic amines is 1. The fourth-order valence-corrected chi connectivity index (χ4v) is 1.28. The monoisotopic (exact) mass is 256 g/mol. The van der Waals surface area contributed by atoms with Crippen molar-refractivity contribution in [2.24, 2.45) is 0 Å². The van der Waals surface area contributed by atoms with Crippen LogP contribution in [0.2, 0.25) is 0 Å². The summed E-state index contributed by atoms with van der Waals surface area (Å²) < 4.78 is 30.8. The second-order valence-corrected chi connectivity index (χ2v) is 3.52. The maximum Gasteiger partial charge on any atom is 0.339 e. The van der Waals surface area contributed by atoms with Crippen LogP contribution in [0.15, 0.2) is 10.9 Å². The molecule has 0 aliphatic carbocycles. The molecule has 0 spiro atoms. The van der Waals surface area contributed by atoms with Crippen LogP contribution in [0.5, 0.6) is 0 Å². The first kappa shape index (κ1) is 13.8. The molecule has 0 unspecified atom stereocenters. The number of aromatic nitrogens is 1. The van der Waals surface area contributed by atoms with Gasteiger partial charge in [-0.2, -0.15) is 5.26 Å². The Labute approximate surface area is 101 Å². The molecule has 96 valence electrons. The number of nitrogens with one attached hydrogen (secondary N) is 1. The molecule has 0 radical (unpaired) electrons. The molecule has 0 saturated heterocycles. The van der Waals surface area contributed by atoms with E-state index in [4.69, 9.17) is 5.26 Å².